The molecule has 1 unspecified atom stereocenters. The van der Waals surface area contributed by atoms with E-state index in [1.165, 1.54) is 10.9 Å². The van der Waals surface area contributed by atoms with Crippen molar-refractivity contribution in [3.63, 3.8) is 0 Å². The minimum atomic E-state index is 0.336. The van der Waals surface area contributed by atoms with Crippen molar-refractivity contribution in [3.8, 4) is 0 Å². The Hall–Kier alpha value is -1.28. The summed E-state index contributed by atoms with van der Waals surface area (Å²) in [6.45, 7) is 7.60. The number of aryl methyl sites for hydroxylation is 1. The van der Waals surface area contributed by atoms with Crippen molar-refractivity contribution in [2.75, 3.05) is 6.54 Å². The Bertz CT molecular complexity index is 501. The van der Waals surface area contributed by atoms with Gasteiger partial charge in [-0.05, 0) is 49.6 Å². The van der Waals surface area contributed by atoms with Crippen LogP contribution < -0.4 is 5.32 Å². The van der Waals surface area contributed by atoms with Gasteiger partial charge in [0.1, 0.15) is 11.3 Å². The number of furan rings is 1. The van der Waals surface area contributed by atoms with Crippen molar-refractivity contribution in [2.45, 2.75) is 46.1 Å². The number of fused-ring (bicyclic) bond motifs is 1. The highest BCUT2D eigenvalue weighted by Crippen LogP contribution is 2.26. The number of hydrogen-bond acceptors (Lipinski definition) is 2. The molecule has 0 spiro atoms. The lowest BCUT2D eigenvalue weighted by Crippen LogP contribution is -2.20. The van der Waals surface area contributed by atoms with E-state index in [0.29, 0.717) is 6.04 Å². The van der Waals surface area contributed by atoms with Crippen molar-refractivity contribution >= 4 is 11.0 Å². The lowest BCUT2D eigenvalue weighted by atomic mass is 10.1. The molecule has 2 nitrogen and oxygen atoms in total. The van der Waals surface area contributed by atoms with Crippen LogP contribution in [0.25, 0.3) is 11.0 Å². The summed E-state index contributed by atoms with van der Waals surface area (Å²) in [6, 6.07) is 8.99. The number of benzene rings is 1. The quantitative estimate of drug-likeness (QED) is 0.813. The first kappa shape index (κ1) is 13.2. The molecule has 98 valence electrons. The van der Waals surface area contributed by atoms with E-state index >= 15 is 0 Å². The smallest absolute Gasteiger partial charge is 0.134 e. The van der Waals surface area contributed by atoms with Crippen LogP contribution in [0, 0.1) is 0 Å². The molecule has 1 heterocycles. The van der Waals surface area contributed by atoms with Gasteiger partial charge in [-0.25, -0.2) is 0 Å². The number of hydrogen-bond donors (Lipinski definition) is 1. The molecule has 0 aliphatic rings. The second-order valence-corrected chi connectivity index (χ2v) is 4.79. The van der Waals surface area contributed by atoms with E-state index < -0.39 is 0 Å². The summed E-state index contributed by atoms with van der Waals surface area (Å²) in [4.78, 5) is 0. The molecule has 0 saturated heterocycles. The van der Waals surface area contributed by atoms with E-state index in [4.69, 9.17) is 4.42 Å². The molecule has 0 radical (unpaired) electrons. The molecular weight excluding hydrogens is 222 g/mol. The topological polar surface area (TPSA) is 25.2 Å². The van der Waals surface area contributed by atoms with Crippen molar-refractivity contribution in [3.05, 3.63) is 35.6 Å². The first-order chi connectivity index (χ1) is 8.78. The summed E-state index contributed by atoms with van der Waals surface area (Å²) < 4.78 is 5.96. The van der Waals surface area contributed by atoms with E-state index in [1.807, 2.05) is 0 Å². The van der Waals surface area contributed by atoms with E-state index in [9.17, 15) is 0 Å². The van der Waals surface area contributed by atoms with Crippen LogP contribution in [-0.2, 0) is 6.42 Å². The zero-order valence-electron chi connectivity index (χ0n) is 11.6. The molecule has 2 aromatic rings. The van der Waals surface area contributed by atoms with E-state index in [1.54, 1.807) is 0 Å². The van der Waals surface area contributed by atoms with Crippen LogP contribution in [0.1, 0.15) is 51.0 Å². The Balaban J connectivity index is 2.27. The largest absolute Gasteiger partial charge is 0.459 e. The Morgan fingerprint density at radius 3 is 2.67 bits per heavy atom. The first-order valence-corrected chi connectivity index (χ1v) is 7.04. The zero-order valence-corrected chi connectivity index (χ0v) is 11.6. The summed E-state index contributed by atoms with van der Waals surface area (Å²) in [5.74, 6) is 1.06. The van der Waals surface area contributed by atoms with Gasteiger partial charge in [-0.1, -0.05) is 26.8 Å². The molecular formula is C16H23NO. The molecule has 18 heavy (non-hydrogen) atoms. The summed E-state index contributed by atoms with van der Waals surface area (Å²) in [5, 5.41) is 4.75. The minimum absolute atomic E-state index is 0.336. The van der Waals surface area contributed by atoms with Gasteiger partial charge in [0, 0.05) is 5.39 Å². The third kappa shape index (κ3) is 2.75. The molecule has 0 saturated carbocycles. The van der Waals surface area contributed by atoms with Crippen molar-refractivity contribution < 1.29 is 4.42 Å². The molecule has 0 bridgehead atoms. The molecule has 1 aromatic carbocycles. The molecule has 2 rings (SSSR count). The maximum Gasteiger partial charge on any atom is 0.134 e. The summed E-state index contributed by atoms with van der Waals surface area (Å²) in [6.07, 6.45) is 3.28. The number of nitrogens with one attached hydrogen (secondary N) is 1. The van der Waals surface area contributed by atoms with Crippen LogP contribution in [0.5, 0.6) is 0 Å². The van der Waals surface area contributed by atoms with E-state index in [0.717, 1.165) is 37.2 Å². The standard InChI is InChI=1S/C16H23NO/c1-4-9-17-14(6-3)16-11-13-10-12(5-2)7-8-15(13)18-16/h7-8,10-11,14,17H,4-6,9H2,1-3H3. The fourth-order valence-electron chi connectivity index (χ4n) is 2.27. The Morgan fingerprint density at radius 1 is 1.17 bits per heavy atom. The molecule has 0 aliphatic carbocycles. The lowest BCUT2D eigenvalue weighted by Gasteiger charge is -2.13. The lowest BCUT2D eigenvalue weighted by molar-refractivity contribution is 0.421. The van der Waals surface area contributed by atoms with Gasteiger partial charge in [0.15, 0.2) is 0 Å². The molecule has 0 fully saturated rings. The molecule has 0 amide bonds. The second-order valence-electron chi connectivity index (χ2n) is 4.79. The van der Waals surface area contributed by atoms with Gasteiger partial charge >= 0.3 is 0 Å². The normalized spacial score (nSPS) is 13.1. The van der Waals surface area contributed by atoms with Crippen LogP contribution in [0.2, 0.25) is 0 Å². The average molecular weight is 245 g/mol. The predicted octanol–water partition coefficient (Wildman–Crippen LogP) is 4.45. The zero-order chi connectivity index (χ0) is 13.0. The fourth-order valence-corrected chi connectivity index (χ4v) is 2.27. The van der Waals surface area contributed by atoms with Crippen LogP contribution in [0.15, 0.2) is 28.7 Å². The van der Waals surface area contributed by atoms with Gasteiger partial charge in [-0.2, -0.15) is 0 Å². The maximum atomic E-state index is 5.96. The van der Waals surface area contributed by atoms with Crippen molar-refractivity contribution in [1.29, 1.82) is 0 Å². The summed E-state index contributed by atoms with van der Waals surface area (Å²) in [5.41, 5.74) is 2.36. The molecule has 1 aromatic heterocycles. The van der Waals surface area contributed by atoms with Gasteiger partial charge in [-0.3, -0.25) is 0 Å². The van der Waals surface area contributed by atoms with Gasteiger partial charge in [0.25, 0.3) is 0 Å². The Kier molecular flexibility index (Phi) is 4.43. The minimum Gasteiger partial charge on any atom is -0.459 e. The van der Waals surface area contributed by atoms with Crippen LogP contribution in [0.4, 0.5) is 0 Å². The predicted molar refractivity (Wildman–Crippen MR) is 76.9 cm³/mol. The summed E-state index contributed by atoms with van der Waals surface area (Å²) >= 11 is 0. The fraction of sp³-hybridized carbons (Fsp3) is 0.500. The number of rotatable bonds is 6. The third-order valence-corrected chi connectivity index (χ3v) is 3.40. The second kappa shape index (κ2) is 6.05. The SMILES string of the molecule is CCCNC(CC)c1cc2cc(CC)ccc2o1. The summed E-state index contributed by atoms with van der Waals surface area (Å²) in [7, 11) is 0. The highest BCUT2D eigenvalue weighted by Gasteiger charge is 2.13. The Morgan fingerprint density at radius 2 is 2.00 bits per heavy atom. The van der Waals surface area contributed by atoms with Gasteiger partial charge in [-0.15, -0.1) is 0 Å². The van der Waals surface area contributed by atoms with Gasteiger partial charge < -0.3 is 9.73 Å². The van der Waals surface area contributed by atoms with E-state index in [-0.39, 0.29) is 0 Å². The van der Waals surface area contributed by atoms with Crippen LogP contribution in [0.3, 0.4) is 0 Å². The highest BCUT2D eigenvalue weighted by molar-refractivity contribution is 5.78. The van der Waals surface area contributed by atoms with Gasteiger partial charge in [0.2, 0.25) is 0 Å². The van der Waals surface area contributed by atoms with Crippen LogP contribution >= 0.6 is 0 Å². The molecule has 0 aliphatic heterocycles. The van der Waals surface area contributed by atoms with Crippen molar-refractivity contribution in [1.82, 2.24) is 5.32 Å². The monoisotopic (exact) mass is 245 g/mol. The molecule has 1 atom stereocenters. The third-order valence-electron chi connectivity index (χ3n) is 3.40. The highest BCUT2D eigenvalue weighted by atomic mass is 16.3. The van der Waals surface area contributed by atoms with Gasteiger partial charge in [0.05, 0.1) is 6.04 Å². The van der Waals surface area contributed by atoms with Crippen LogP contribution in [-0.4, -0.2) is 6.54 Å². The van der Waals surface area contributed by atoms with E-state index in [2.05, 4.69) is 50.4 Å². The maximum absolute atomic E-state index is 5.96. The Labute approximate surface area is 109 Å². The van der Waals surface area contributed by atoms with Crippen molar-refractivity contribution in [2.24, 2.45) is 0 Å². The molecule has 2 heteroatoms. The molecule has 1 N–H and O–H groups in total. The first-order valence-electron chi connectivity index (χ1n) is 7.04. The average Bonchev–Trinajstić information content (AvgIpc) is 2.82.